The molecule has 2 aromatic rings. The summed E-state index contributed by atoms with van der Waals surface area (Å²) in [5, 5.41) is 3.09. The molecule has 6 heteroatoms. The third kappa shape index (κ3) is 4.67. The second-order valence-corrected chi connectivity index (χ2v) is 5.33. The topological polar surface area (TPSA) is 21.3 Å². The molecule has 0 aliphatic heterocycles. The maximum atomic E-state index is 12.3. The molecule has 0 aliphatic rings. The van der Waals surface area contributed by atoms with Gasteiger partial charge in [0.25, 0.3) is 0 Å². The van der Waals surface area contributed by atoms with Gasteiger partial charge in [0.1, 0.15) is 5.75 Å². The molecule has 0 aromatic heterocycles. The third-order valence-electron chi connectivity index (χ3n) is 2.84. The van der Waals surface area contributed by atoms with Crippen LogP contribution in [0.3, 0.4) is 0 Å². The minimum atomic E-state index is -4.69. The van der Waals surface area contributed by atoms with Crippen LogP contribution in [0.15, 0.2) is 46.9 Å². The van der Waals surface area contributed by atoms with E-state index in [1.54, 1.807) is 12.1 Å². The van der Waals surface area contributed by atoms with Gasteiger partial charge in [0.15, 0.2) is 0 Å². The maximum absolute atomic E-state index is 12.3. The fraction of sp³-hybridized carbons (Fsp3) is 0.200. The monoisotopic (exact) mass is 359 g/mol. The molecule has 0 atom stereocenters. The molecule has 2 aromatic carbocycles. The molecule has 0 spiro atoms. The third-order valence-corrected chi connectivity index (χ3v) is 3.73. The van der Waals surface area contributed by atoms with Gasteiger partial charge in [-0.3, -0.25) is 0 Å². The summed E-state index contributed by atoms with van der Waals surface area (Å²) < 4.78 is 42.0. The number of hydrogen-bond donors (Lipinski definition) is 1. The van der Waals surface area contributed by atoms with Crippen molar-refractivity contribution in [1.82, 2.24) is 0 Å². The molecule has 21 heavy (non-hydrogen) atoms. The molecule has 0 aliphatic carbocycles. The van der Waals surface area contributed by atoms with Crippen molar-refractivity contribution in [3.63, 3.8) is 0 Å². The van der Waals surface area contributed by atoms with Gasteiger partial charge in [0.05, 0.1) is 0 Å². The summed E-state index contributed by atoms with van der Waals surface area (Å²) in [5.41, 5.74) is 2.31. The second-order valence-electron chi connectivity index (χ2n) is 4.47. The Morgan fingerprint density at radius 2 is 1.86 bits per heavy atom. The number of hydrogen-bond acceptors (Lipinski definition) is 2. The van der Waals surface area contributed by atoms with E-state index < -0.39 is 6.36 Å². The molecule has 0 heterocycles. The van der Waals surface area contributed by atoms with E-state index in [0.717, 1.165) is 15.7 Å². The van der Waals surface area contributed by atoms with Crippen LogP contribution in [0.1, 0.15) is 11.1 Å². The number of ether oxygens (including phenoxy) is 1. The van der Waals surface area contributed by atoms with E-state index in [1.165, 1.54) is 12.1 Å². The summed E-state index contributed by atoms with van der Waals surface area (Å²) in [6.07, 6.45) is -4.69. The van der Waals surface area contributed by atoms with E-state index in [4.69, 9.17) is 0 Å². The van der Waals surface area contributed by atoms with Gasteiger partial charge in [0.2, 0.25) is 0 Å². The molecule has 0 saturated carbocycles. The van der Waals surface area contributed by atoms with Gasteiger partial charge in [-0.15, -0.1) is 13.2 Å². The van der Waals surface area contributed by atoms with E-state index in [-0.39, 0.29) is 12.3 Å². The molecular weight excluding hydrogens is 347 g/mol. The molecule has 1 N–H and O–H groups in total. The lowest BCUT2D eigenvalue weighted by Crippen LogP contribution is -2.18. The number of benzene rings is 2. The van der Waals surface area contributed by atoms with Gasteiger partial charge < -0.3 is 10.1 Å². The van der Waals surface area contributed by atoms with Gasteiger partial charge in [-0.2, -0.15) is 0 Å². The Kier molecular flexibility index (Phi) is 4.77. The first-order valence-corrected chi connectivity index (χ1v) is 6.98. The van der Waals surface area contributed by atoms with Crippen LogP contribution in [0.4, 0.5) is 18.9 Å². The highest BCUT2D eigenvalue weighted by atomic mass is 79.9. The predicted molar refractivity (Wildman–Crippen MR) is 79.3 cm³/mol. The highest BCUT2D eigenvalue weighted by Crippen LogP contribution is 2.27. The SMILES string of the molecule is Cc1cc(NCc2ccccc2OC(F)(F)F)ccc1Br. The number of para-hydroxylation sites is 1. The van der Waals surface area contributed by atoms with Crippen LogP contribution in [-0.2, 0) is 6.54 Å². The van der Waals surface area contributed by atoms with Gasteiger partial charge in [-0.25, -0.2) is 0 Å². The first kappa shape index (κ1) is 15.7. The fourth-order valence-electron chi connectivity index (χ4n) is 1.83. The summed E-state index contributed by atoms with van der Waals surface area (Å²) in [6.45, 7) is 2.18. The Hall–Kier alpha value is -1.69. The molecule has 0 amide bonds. The highest BCUT2D eigenvalue weighted by molar-refractivity contribution is 9.10. The van der Waals surface area contributed by atoms with Gasteiger partial charge in [0, 0.05) is 22.3 Å². The second kappa shape index (κ2) is 6.39. The van der Waals surface area contributed by atoms with Crippen LogP contribution in [0.2, 0.25) is 0 Å². The molecule has 0 fully saturated rings. The standard InChI is InChI=1S/C15H13BrF3NO/c1-10-8-12(6-7-13(10)16)20-9-11-4-2-3-5-14(11)21-15(17,18)19/h2-8,20H,9H2,1H3. The number of anilines is 1. The van der Waals surface area contributed by atoms with E-state index in [2.05, 4.69) is 26.0 Å². The molecule has 112 valence electrons. The zero-order chi connectivity index (χ0) is 15.5. The quantitative estimate of drug-likeness (QED) is 0.802. The van der Waals surface area contributed by atoms with E-state index >= 15 is 0 Å². The first-order valence-electron chi connectivity index (χ1n) is 6.19. The average molecular weight is 360 g/mol. The van der Waals surface area contributed by atoms with Crippen molar-refractivity contribution >= 4 is 21.6 Å². The minimum absolute atomic E-state index is 0.189. The van der Waals surface area contributed by atoms with Crippen LogP contribution in [0, 0.1) is 6.92 Å². The van der Waals surface area contributed by atoms with Crippen molar-refractivity contribution in [2.45, 2.75) is 19.8 Å². The Labute approximate surface area is 129 Å². The van der Waals surface area contributed by atoms with Gasteiger partial charge >= 0.3 is 6.36 Å². The molecule has 0 unspecified atom stereocenters. The van der Waals surface area contributed by atoms with Crippen molar-refractivity contribution < 1.29 is 17.9 Å². The lowest BCUT2D eigenvalue weighted by Gasteiger charge is -2.14. The van der Waals surface area contributed by atoms with Crippen molar-refractivity contribution in [3.8, 4) is 5.75 Å². The maximum Gasteiger partial charge on any atom is 0.573 e. The molecule has 0 saturated heterocycles. The summed E-state index contributed by atoms with van der Waals surface area (Å²) in [4.78, 5) is 0. The summed E-state index contributed by atoms with van der Waals surface area (Å²) >= 11 is 3.40. The zero-order valence-corrected chi connectivity index (χ0v) is 12.8. The molecular formula is C15H13BrF3NO. The van der Waals surface area contributed by atoms with Gasteiger partial charge in [-0.05, 0) is 36.8 Å². The highest BCUT2D eigenvalue weighted by Gasteiger charge is 2.31. The van der Waals surface area contributed by atoms with E-state index in [0.29, 0.717) is 5.56 Å². The summed E-state index contributed by atoms with van der Waals surface area (Å²) in [6, 6.07) is 11.7. The number of alkyl halides is 3. The normalized spacial score (nSPS) is 11.3. The first-order chi connectivity index (χ1) is 9.85. The Morgan fingerprint density at radius 1 is 1.14 bits per heavy atom. The van der Waals surface area contributed by atoms with Crippen molar-refractivity contribution in [2.75, 3.05) is 5.32 Å². The lowest BCUT2D eigenvalue weighted by atomic mass is 10.2. The smallest absolute Gasteiger partial charge is 0.405 e. The molecule has 0 radical (unpaired) electrons. The van der Waals surface area contributed by atoms with Crippen molar-refractivity contribution in [1.29, 1.82) is 0 Å². The summed E-state index contributed by atoms with van der Waals surface area (Å²) in [7, 11) is 0. The van der Waals surface area contributed by atoms with Crippen LogP contribution in [0.5, 0.6) is 5.75 Å². The van der Waals surface area contributed by atoms with E-state index in [9.17, 15) is 13.2 Å². The number of halogens is 4. The summed E-state index contributed by atoms with van der Waals surface area (Å²) in [5.74, 6) is -0.189. The van der Waals surface area contributed by atoms with Crippen LogP contribution < -0.4 is 10.1 Å². The number of rotatable bonds is 4. The number of aryl methyl sites for hydroxylation is 1. The Bertz CT molecular complexity index is 629. The van der Waals surface area contributed by atoms with E-state index in [1.807, 2.05) is 25.1 Å². The van der Waals surface area contributed by atoms with Crippen LogP contribution in [-0.4, -0.2) is 6.36 Å². The molecule has 2 rings (SSSR count). The molecule has 2 nitrogen and oxygen atoms in total. The molecule has 0 bridgehead atoms. The predicted octanol–water partition coefficient (Wildman–Crippen LogP) is 5.27. The van der Waals surface area contributed by atoms with Crippen molar-refractivity contribution in [3.05, 3.63) is 58.1 Å². The number of nitrogens with one attached hydrogen (secondary N) is 1. The zero-order valence-electron chi connectivity index (χ0n) is 11.2. The van der Waals surface area contributed by atoms with Gasteiger partial charge in [-0.1, -0.05) is 34.1 Å². The van der Waals surface area contributed by atoms with Crippen LogP contribution >= 0.6 is 15.9 Å². The minimum Gasteiger partial charge on any atom is -0.405 e. The fourth-order valence-corrected chi connectivity index (χ4v) is 2.07. The van der Waals surface area contributed by atoms with Crippen LogP contribution in [0.25, 0.3) is 0 Å². The Balaban J connectivity index is 2.11. The Morgan fingerprint density at radius 3 is 2.52 bits per heavy atom. The lowest BCUT2D eigenvalue weighted by molar-refractivity contribution is -0.274. The largest absolute Gasteiger partial charge is 0.573 e. The van der Waals surface area contributed by atoms with Crippen molar-refractivity contribution in [2.24, 2.45) is 0 Å². The average Bonchev–Trinajstić information content (AvgIpc) is 2.40.